The van der Waals surface area contributed by atoms with E-state index in [1.54, 1.807) is 0 Å². The molecule has 0 radical (unpaired) electrons. The van der Waals surface area contributed by atoms with Gasteiger partial charge in [-0.2, -0.15) is 0 Å². The first-order chi connectivity index (χ1) is 13.3. The average molecular weight is 349 g/mol. The number of rotatable bonds is 3. The second kappa shape index (κ2) is 6.33. The standard InChI is InChI=1S/C25H19NO/c1-17-9-5-6-15-22(17)26-23-16-8-14-21-20-13-7-12-19(24(20)27-25(21)23)18-10-3-2-4-11-18/h2-16,26H,1H3. The maximum Gasteiger partial charge on any atom is 0.158 e. The third-order valence-electron chi connectivity index (χ3n) is 5.02. The zero-order chi connectivity index (χ0) is 18.2. The second-order valence-electron chi connectivity index (χ2n) is 6.77. The van der Waals surface area contributed by atoms with Gasteiger partial charge < -0.3 is 9.73 Å². The van der Waals surface area contributed by atoms with Crippen molar-refractivity contribution in [2.75, 3.05) is 5.32 Å². The predicted molar refractivity (Wildman–Crippen MR) is 114 cm³/mol. The molecule has 0 aliphatic carbocycles. The lowest BCUT2D eigenvalue weighted by Gasteiger charge is -2.09. The number of benzene rings is 4. The molecular weight excluding hydrogens is 330 g/mol. The highest BCUT2D eigenvalue weighted by molar-refractivity contribution is 6.12. The lowest BCUT2D eigenvalue weighted by Crippen LogP contribution is -1.92. The fraction of sp³-hybridized carbons (Fsp3) is 0.0400. The van der Waals surface area contributed by atoms with Gasteiger partial charge >= 0.3 is 0 Å². The molecule has 0 fully saturated rings. The average Bonchev–Trinajstić information content (AvgIpc) is 3.10. The van der Waals surface area contributed by atoms with Crippen molar-refractivity contribution in [1.29, 1.82) is 0 Å². The largest absolute Gasteiger partial charge is 0.453 e. The zero-order valence-electron chi connectivity index (χ0n) is 15.1. The van der Waals surface area contributed by atoms with Gasteiger partial charge in [-0.25, -0.2) is 0 Å². The van der Waals surface area contributed by atoms with E-state index < -0.39 is 0 Å². The van der Waals surface area contributed by atoms with E-state index in [0.717, 1.165) is 44.4 Å². The normalized spacial score (nSPS) is 11.1. The molecule has 2 nitrogen and oxygen atoms in total. The fourth-order valence-corrected chi connectivity index (χ4v) is 3.62. The van der Waals surface area contributed by atoms with Crippen molar-refractivity contribution in [3.63, 3.8) is 0 Å². The van der Waals surface area contributed by atoms with Gasteiger partial charge in [-0.3, -0.25) is 0 Å². The Morgan fingerprint density at radius 1 is 0.593 bits per heavy atom. The summed E-state index contributed by atoms with van der Waals surface area (Å²) in [5.74, 6) is 0. The van der Waals surface area contributed by atoms with E-state index in [1.165, 1.54) is 5.56 Å². The molecule has 0 amide bonds. The van der Waals surface area contributed by atoms with E-state index in [2.05, 4.69) is 91.1 Å². The molecule has 1 heterocycles. The smallest absolute Gasteiger partial charge is 0.158 e. The lowest BCUT2D eigenvalue weighted by molar-refractivity contribution is 0.671. The summed E-state index contributed by atoms with van der Waals surface area (Å²) < 4.78 is 6.42. The molecule has 0 saturated carbocycles. The number of nitrogens with one attached hydrogen (secondary N) is 1. The molecule has 0 atom stereocenters. The fourth-order valence-electron chi connectivity index (χ4n) is 3.62. The molecule has 0 aliphatic heterocycles. The maximum atomic E-state index is 6.42. The Labute approximate surface area is 158 Å². The minimum atomic E-state index is 0.888. The first-order valence-electron chi connectivity index (χ1n) is 9.13. The molecule has 1 aromatic heterocycles. The summed E-state index contributed by atoms with van der Waals surface area (Å²) in [7, 11) is 0. The molecule has 0 aliphatic rings. The summed E-state index contributed by atoms with van der Waals surface area (Å²) >= 11 is 0. The van der Waals surface area contributed by atoms with Crippen molar-refractivity contribution in [2.24, 2.45) is 0 Å². The van der Waals surface area contributed by atoms with Gasteiger partial charge in [0.25, 0.3) is 0 Å². The van der Waals surface area contributed by atoms with Crippen LogP contribution in [0.3, 0.4) is 0 Å². The monoisotopic (exact) mass is 349 g/mol. The lowest BCUT2D eigenvalue weighted by atomic mass is 10.0. The molecule has 0 spiro atoms. The number of para-hydroxylation sites is 3. The maximum absolute atomic E-state index is 6.42. The van der Waals surface area contributed by atoms with Gasteiger partial charge in [-0.1, -0.05) is 78.9 Å². The van der Waals surface area contributed by atoms with Crippen LogP contribution < -0.4 is 5.32 Å². The van der Waals surface area contributed by atoms with E-state index in [-0.39, 0.29) is 0 Å². The first kappa shape index (κ1) is 15.7. The van der Waals surface area contributed by atoms with Crippen LogP contribution in [0.1, 0.15) is 5.56 Å². The van der Waals surface area contributed by atoms with Gasteiger partial charge in [-0.05, 0) is 30.2 Å². The van der Waals surface area contributed by atoms with Crippen LogP contribution in [0, 0.1) is 6.92 Å². The van der Waals surface area contributed by atoms with Gasteiger partial charge in [0, 0.05) is 22.0 Å². The Hall–Kier alpha value is -3.52. The van der Waals surface area contributed by atoms with Crippen LogP contribution in [0.2, 0.25) is 0 Å². The SMILES string of the molecule is Cc1ccccc1Nc1cccc2c1oc1c(-c3ccccc3)cccc12. The molecular formula is C25H19NO. The van der Waals surface area contributed by atoms with Crippen LogP contribution in [0.5, 0.6) is 0 Å². The number of fused-ring (bicyclic) bond motifs is 3. The van der Waals surface area contributed by atoms with E-state index in [9.17, 15) is 0 Å². The molecule has 5 rings (SSSR count). The predicted octanol–water partition coefficient (Wildman–Crippen LogP) is 7.31. The summed E-state index contributed by atoms with van der Waals surface area (Å²) in [6.07, 6.45) is 0. The van der Waals surface area contributed by atoms with Crippen molar-refractivity contribution < 1.29 is 4.42 Å². The van der Waals surface area contributed by atoms with Crippen molar-refractivity contribution in [3.05, 3.63) is 96.6 Å². The minimum Gasteiger partial charge on any atom is -0.453 e. The summed E-state index contributed by atoms with van der Waals surface area (Å²) in [5, 5.41) is 5.81. The number of hydrogen-bond acceptors (Lipinski definition) is 2. The molecule has 4 aromatic carbocycles. The zero-order valence-corrected chi connectivity index (χ0v) is 15.1. The van der Waals surface area contributed by atoms with Gasteiger partial charge in [0.1, 0.15) is 5.58 Å². The van der Waals surface area contributed by atoms with Crippen LogP contribution in [0.4, 0.5) is 11.4 Å². The van der Waals surface area contributed by atoms with Crippen LogP contribution >= 0.6 is 0 Å². The third-order valence-corrected chi connectivity index (χ3v) is 5.02. The minimum absolute atomic E-state index is 0.888. The highest BCUT2D eigenvalue weighted by Crippen LogP contribution is 2.39. The van der Waals surface area contributed by atoms with Crippen LogP contribution in [-0.4, -0.2) is 0 Å². The molecule has 0 unspecified atom stereocenters. The van der Waals surface area contributed by atoms with E-state index in [4.69, 9.17) is 4.42 Å². The van der Waals surface area contributed by atoms with Crippen molar-refractivity contribution in [3.8, 4) is 11.1 Å². The highest BCUT2D eigenvalue weighted by atomic mass is 16.3. The number of aryl methyl sites for hydroxylation is 1. The van der Waals surface area contributed by atoms with Gasteiger partial charge in [-0.15, -0.1) is 0 Å². The summed E-state index contributed by atoms with van der Waals surface area (Å²) in [6.45, 7) is 2.11. The third kappa shape index (κ3) is 2.67. The van der Waals surface area contributed by atoms with Crippen molar-refractivity contribution in [1.82, 2.24) is 0 Å². The number of anilines is 2. The molecule has 5 aromatic rings. The number of furan rings is 1. The quantitative estimate of drug-likeness (QED) is 0.369. The van der Waals surface area contributed by atoms with Crippen LogP contribution in [-0.2, 0) is 0 Å². The van der Waals surface area contributed by atoms with E-state index in [0.29, 0.717) is 0 Å². The molecule has 0 bridgehead atoms. The first-order valence-corrected chi connectivity index (χ1v) is 9.13. The topological polar surface area (TPSA) is 25.2 Å². The second-order valence-corrected chi connectivity index (χ2v) is 6.77. The van der Waals surface area contributed by atoms with Gasteiger partial charge in [0.2, 0.25) is 0 Å². The number of hydrogen-bond donors (Lipinski definition) is 1. The van der Waals surface area contributed by atoms with Crippen LogP contribution in [0.25, 0.3) is 33.1 Å². The molecule has 1 N–H and O–H groups in total. The summed E-state index contributed by atoms with van der Waals surface area (Å²) in [6, 6.07) is 31.3. The van der Waals surface area contributed by atoms with Crippen molar-refractivity contribution >= 4 is 33.3 Å². The van der Waals surface area contributed by atoms with E-state index in [1.807, 2.05) is 12.1 Å². The Bertz CT molecular complexity index is 1250. The van der Waals surface area contributed by atoms with Gasteiger partial charge in [0.05, 0.1) is 5.69 Å². The van der Waals surface area contributed by atoms with Crippen LogP contribution in [0.15, 0.2) is 95.4 Å². The molecule has 27 heavy (non-hydrogen) atoms. The summed E-state index contributed by atoms with van der Waals surface area (Å²) in [4.78, 5) is 0. The van der Waals surface area contributed by atoms with E-state index >= 15 is 0 Å². The molecule has 0 saturated heterocycles. The Morgan fingerprint density at radius 2 is 1.26 bits per heavy atom. The summed E-state index contributed by atoms with van der Waals surface area (Å²) in [5.41, 5.74) is 7.37. The van der Waals surface area contributed by atoms with Crippen molar-refractivity contribution in [2.45, 2.75) is 6.92 Å². The van der Waals surface area contributed by atoms with Gasteiger partial charge in [0.15, 0.2) is 5.58 Å². The Morgan fingerprint density at radius 3 is 2.07 bits per heavy atom. The Kier molecular flexibility index (Phi) is 3.68. The Balaban J connectivity index is 1.73. The highest BCUT2D eigenvalue weighted by Gasteiger charge is 2.14. The molecule has 130 valence electrons. The molecule has 2 heteroatoms.